The first-order chi connectivity index (χ1) is 5.24. The molecule has 4 nitrogen and oxygen atoms in total. The van der Waals surface area contributed by atoms with Gasteiger partial charge in [0.25, 0.3) is 5.91 Å². The van der Waals surface area contributed by atoms with Crippen LogP contribution in [0.3, 0.4) is 0 Å². The zero-order valence-corrected chi connectivity index (χ0v) is 7.05. The topological polar surface area (TPSA) is 61.4 Å². The van der Waals surface area contributed by atoms with E-state index in [9.17, 15) is 4.79 Å². The third-order valence-corrected chi connectivity index (χ3v) is 1.66. The molecule has 11 heavy (non-hydrogen) atoms. The summed E-state index contributed by atoms with van der Waals surface area (Å²) in [4.78, 5) is 10.5. The summed E-state index contributed by atoms with van der Waals surface area (Å²) in [5.74, 6) is -0.392. The zero-order valence-electron chi connectivity index (χ0n) is 7.05. The molecule has 0 aliphatic heterocycles. The van der Waals surface area contributed by atoms with Gasteiger partial charge >= 0.3 is 0 Å². The highest BCUT2D eigenvalue weighted by molar-refractivity contribution is 5.76. The molecule has 0 atom stereocenters. The predicted octanol–water partition coefficient (Wildman–Crippen LogP) is 0.270. The zero-order chi connectivity index (χ0) is 8.69. The summed E-state index contributed by atoms with van der Waals surface area (Å²) < 4.78 is 0. The number of rotatable bonds is 5. The number of hydroxylamine groups is 1. The molecule has 0 rings (SSSR count). The van der Waals surface area contributed by atoms with Crippen LogP contribution in [0.2, 0.25) is 0 Å². The minimum absolute atomic E-state index is 0.183. The van der Waals surface area contributed by atoms with E-state index in [4.69, 9.17) is 5.21 Å². The lowest BCUT2D eigenvalue weighted by atomic mass is 10.2. The first-order valence-electron chi connectivity index (χ1n) is 3.90. The smallest absolute Gasteiger partial charge is 0.257 e. The van der Waals surface area contributed by atoms with Gasteiger partial charge in [0.2, 0.25) is 0 Å². The molecule has 1 amide bonds. The van der Waals surface area contributed by atoms with E-state index in [-0.39, 0.29) is 6.54 Å². The highest BCUT2D eigenvalue weighted by Crippen LogP contribution is 1.94. The van der Waals surface area contributed by atoms with Gasteiger partial charge in [-0.15, -0.1) is 0 Å². The van der Waals surface area contributed by atoms with Crippen LogP contribution in [0, 0.1) is 0 Å². The van der Waals surface area contributed by atoms with E-state index >= 15 is 0 Å². The molecular formula is C7H16N2O2. The van der Waals surface area contributed by atoms with Crippen LogP contribution in [0.25, 0.3) is 0 Å². The summed E-state index contributed by atoms with van der Waals surface area (Å²) in [6.45, 7) is 4.29. The van der Waals surface area contributed by atoms with Crippen LogP contribution in [0.1, 0.15) is 26.7 Å². The lowest BCUT2D eigenvalue weighted by molar-refractivity contribution is -0.128. The van der Waals surface area contributed by atoms with Crippen molar-refractivity contribution < 1.29 is 10.0 Å². The Morgan fingerprint density at radius 2 is 2.00 bits per heavy atom. The van der Waals surface area contributed by atoms with E-state index in [1.54, 1.807) is 5.48 Å². The summed E-state index contributed by atoms with van der Waals surface area (Å²) >= 11 is 0. The molecule has 0 aliphatic rings. The van der Waals surface area contributed by atoms with E-state index in [0.717, 1.165) is 12.8 Å². The third kappa shape index (κ3) is 4.75. The highest BCUT2D eigenvalue weighted by atomic mass is 16.5. The van der Waals surface area contributed by atoms with E-state index < -0.39 is 5.91 Å². The Labute approximate surface area is 66.9 Å². The fourth-order valence-electron chi connectivity index (χ4n) is 0.854. The van der Waals surface area contributed by atoms with E-state index in [2.05, 4.69) is 19.2 Å². The van der Waals surface area contributed by atoms with E-state index in [1.807, 2.05) is 0 Å². The molecule has 0 unspecified atom stereocenters. The summed E-state index contributed by atoms with van der Waals surface area (Å²) in [6.07, 6.45) is 1.99. The fourth-order valence-corrected chi connectivity index (χ4v) is 0.854. The van der Waals surface area contributed by atoms with Crippen LogP contribution >= 0.6 is 0 Å². The summed E-state index contributed by atoms with van der Waals surface area (Å²) in [5.41, 5.74) is 1.57. The number of hydrogen-bond donors (Lipinski definition) is 3. The number of carbonyl (C=O) groups excluding carboxylic acids is 1. The van der Waals surface area contributed by atoms with Crippen LogP contribution < -0.4 is 10.8 Å². The summed E-state index contributed by atoms with van der Waals surface area (Å²) in [7, 11) is 0. The Morgan fingerprint density at radius 3 is 2.36 bits per heavy atom. The van der Waals surface area contributed by atoms with E-state index in [1.165, 1.54) is 0 Å². The van der Waals surface area contributed by atoms with Crippen molar-refractivity contribution in [2.24, 2.45) is 0 Å². The minimum Gasteiger partial charge on any atom is -0.306 e. The minimum atomic E-state index is -0.392. The second kappa shape index (κ2) is 6.12. The number of amides is 1. The lowest BCUT2D eigenvalue weighted by Gasteiger charge is -2.12. The molecule has 0 heterocycles. The first-order valence-corrected chi connectivity index (χ1v) is 3.90. The standard InChI is InChI=1S/C7H16N2O2/c1-3-6(4-2)8-5-7(10)9-11/h6,8,11H,3-5H2,1-2H3,(H,9,10). The van der Waals surface area contributed by atoms with Gasteiger partial charge in [-0.2, -0.15) is 0 Å². The molecular weight excluding hydrogens is 144 g/mol. The van der Waals surface area contributed by atoms with Gasteiger partial charge in [-0.25, -0.2) is 5.48 Å². The Balaban J connectivity index is 3.42. The van der Waals surface area contributed by atoms with Gasteiger partial charge in [0.1, 0.15) is 0 Å². The number of hydrogen-bond acceptors (Lipinski definition) is 3. The van der Waals surface area contributed by atoms with Crippen molar-refractivity contribution in [2.45, 2.75) is 32.7 Å². The van der Waals surface area contributed by atoms with Crippen LogP contribution in [0.4, 0.5) is 0 Å². The maximum atomic E-state index is 10.5. The Morgan fingerprint density at radius 1 is 1.45 bits per heavy atom. The van der Waals surface area contributed by atoms with Crippen molar-refractivity contribution in [1.82, 2.24) is 10.8 Å². The summed E-state index contributed by atoms with van der Waals surface area (Å²) in [6, 6.07) is 0.368. The molecule has 4 heteroatoms. The molecule has 0 aliphatic carbocycles. The van der Waals surface area contributed by atoms with Crippen molar-refractivity contribution >= 4 is 5.91 Å². The molecule has 3 N–H and O–H groups in total. The van der Waals surface area contributed by atoms with Crippen molar-refractivity contribution in [3.8, 4) is 0 Å². The van der Waals surface area contributed by atoms with Crippen LogP contribution in [0.5, 0.6) is 0 Å². The molecule has 0 saturated heterocycles. The maximum absolute atomic E-state index is 10.5. The molecule has 0 aromatic heterocycles. The average Bonchev–Trinajstić information content (AvgIpc) is 2.06. The average molecular weight is 160 g/mol. The molecule has 0 spiro atoms. The lowest BCUT2D eigenvalue weighted by Crippen LogP contribution is -2.37. The number of carbonyl (C=O) groups is 1. The largest absolute Gasteiger partial charge is 0.306 e. The third-order valence-electron chi connectivity index (χ3n) is 1.66. The van der Waals surface area contributed by atoms with Crippen LogP contribution in [-0.2, 0) is 4.79 Å². The van der Waals surface area contributed by atoms with E-state index in [0.29, 0.717) is 6.04 Å². The van der Waals surface area contributed by atoms with Crippen molar-refractivity contribution in [1.29, 1.82) is 0 Å². The Hall–Kier alpha value is -0.610. The second-order valence-corrected chi connectivity index (χ2v) is 2.43. The molecule has 0 bridgehead atoms. The van der Waals surface area contributed by atoms with Crippen LogP contribution in [0.15, 0.2) is 0 Å². The Kier molecular flexibility index (Phi) is 5.78. The highest BCUT2D eigenvalue weighted by Gasteiger charge is 2.04. The fraction of sp³-hybridized carbons (Fsp3) is 0.857. The second-order valence-electron chi connectivity index (χ2n) is 2.43. The summed E-state index contributed by atoms with van der Waals surface area (Å²) in [5, 5.41) is 11.2. The van der Waals surface area contributed by atoms with Gasteiger partial charge in [-0.05, 0) is 12.8 Å². The Bertz CT molecular complexity index is 113. The van der Waals surface area contributed by atoms with Crippen molar-refractivity contribution in [2.75, 3.05) is 6.54 Å². The maximum Gasteiger partial charge on any atom is 0.257 e. The monoisotopic (exact) mass is 160 g/mol. The van der Waals surface area contributed by atoms with Gasteiger partial charge in [-0.3, -0.25) is 10.0 Å². The first kappa shape index (κ1) is 10.4. The number of nitrogens with one attached hydrogen (secondary N) is 2. The van der Waals surface area contributed by atoms with Crippen molar-refractivity contribution in [3.63, 3.8) is 0 Å². The quantitative estimate of drug-likeness (QED) is 0.399. The SMILES string of the molecule is CCC(CC)NCC(=O)NO. The molecule has 66 valence electrons. The normalized spacial score (nSPS) is 10.2. The molecule has 0 fully saturated rings. The van der Waals surface area contributed by atoms with Gasteiger partial charge in [-0.1, -0.05) is 13.8 Å². The molecule has 0 saturated carbocycles. The molecule has 0 aromatic carbocycles. The van der Waals surface area contributed by atoms with Gasteiger partial charge < -0.3 is 5.32 Å². The molecule has 0 aromatic rings. The van der Waals surface area contributed by atoms with Gasteiger partial charge in [0.15, 0.2) is 0 Å². The van der Waals surface area contributed by atoms with Gasteiger partial charge in [0.05, 0.1) is 6.54 Å². The van der Waals surface area contributed by atoms with Gasteiger partial charge in [0, 0.05) is 6.04 Å². The van der Waals surface area contributed by atoms with Crippen molar-refractivity contribution in [3.05, 3.63) is 0 Å². The molecule has 0 radical (unpaired) electrons. The predicted molar refractivity (Wildman–Crippen MR) is 42.3 cm³/mol. The van der Waals surface area contributed by atoms with Crippen LogP contribution in [-0.4, -0.2) is 23.7 Å².